The Labute approximate surface area is 123 Å². The van der Waals surface area contributed by atoms with E-state index < -0.39 is 11.7 Å². The lowest BCUT2D eigenvalue weighted by molar-refractivity contribution is -0.137. The van der Waals surface area contributed by atoms with E-state index in [0.717, 1.165) is 24.7 Å². The van der Waals surface area contributed by atoms with Crippen LogP contribution in [0.15, 0.2) is 24.3 Å². The van der Waals surface area contributed by atoms with Crippen LogP contribution in [0.3, 0.4) is 0 Å². The van der Waals surface area contributed by atoms with Crippen molar-refractivity contribution in [2.45, 2.75) is 38.0 Å². The molecule has 2 saturated heterocycles. The van der Waals surface area contributed by atoms with Gasteiger partial charge in [0.15, 0.2) is 0 Å². The molecule has 0 spiro atoms. The van der Waals surface area contributed by atoms with Gasteiger partial charge in [0, 0.05) is 25.7 Å². The minimum absolute atomic E-state index is 0.548. The van der Waals surface area contributed by atoms with Crippen LogP contribution in [0.4, 0.5) is 13.2 Å². The highest BCUT2D eigenvalue weighted by Crippen LogP contribution is 2.30. The first-order valence-electron chi connectivity index (χ1n) is 7.65. The van der Waals surface area contributed by atoms with E-state index in [1.54, 1.807) is 6.07 Å². The second kappa shape index (κ2) is 5.97. The van der Waals surface area contributed by atoms with Crippen LogP contribution in [-0.2, 0) is 12.7 Å². The Morgan fingerprint density at radius 1 is 1.05 bits per heavy atom. The molecule has 0 unspecified atom stereocenters. The average molecular weight is 298 g/mol. The Bertz CT molecular complexity index is 475. The summed E-state index contributed by atoms with van der Waals surface area (Å²) in [5, 5.41) is 0. The van der Waals surface area contributed by atoms with E-state index in [2.05, 4.69) is 9.80 Å². The zero-order chi connectivity index (χ0) is 14.9. The molecule has 0 amide bonds. The fourth-order valence-corrected chi connectivity index (χ4v) is 3.29. The molecular weight excluding hydrogens is 277 g/mol. The monoisotopic (exact) mass is 298 g/mol. The third-order valence-electron chi connectivity index (χ3n) is 4.51. The molecule has 116 valence electrons. The van der Waals surface area contributed by atoms with Crippen LogP contribution < -0.4 is 0 Å². The molecule has 5 heteroatoms. The van der Waals surface area contributed by atoms with Gasteiger partial charge in [-0.2, -0.15) is 13.2 Å². The van der Waals surface area contributed by atoms with E-state index >= 15 is 0 Å². The Balaban J connectivity index is 1.52. The average Bonchev–Trinajstić information content (AvgIpc) is 2.43. The van der Waals surface area contributed by atoms with Gasteiger partial charge in [-0.15, -0.1) is 0 Å². The number of rotatable bonds is 3. The summed E-state index contributed by atoms with van der Waals surface area (Å²) in [6.45, 7) is 4.95. The molecular formula is C16H21F3N2. The van der Waals surface area contributed by atoms with Crippen molar-refractivity contribution in [2.24, 2.45) is 0 Å². The van der Waals surface area contributed by atoms with E-state index in [1.165, 1.54) is 44.5 Å². The minimum atomic E-state index is -4.25. The van der Waals surface area contributed by atoms with Crippen molar-refractivity contribution in [3.05, 3.63) is 35.4 Å². The maximum atomic E-state index is 12.7. The van der Waals surface area contributed by atoms with Crippen LogP contribution in [0.2, 0.25) is 0 Å². The van der Waals surface area contributed by atoms with Crippen molar-refractivity contribution >= 4 is 0 Å². The molecule has 2 heterocycles. The van der Waals surface area contributed by atoms with Crippen LogP contribution in [0, 0.1) is 0 Å². The van der Waals surface area contributed by atoms with Gasteiger partial charge in [0.1, 0.15) is 0 Å². The zero-order valence-electron chi connectivity index (χ0n) is 12.1. The molecule has 21 heavy (non-hydrogen) atoms. The molecule has 0 N–H and O–H groups in total. The van der Waals surface area contributed by atoms with E-state index in [0.29, 0.717) is 12.6 Å². The summed E-state index contributed by atoms with van der Waals surface area (Å²) in [6.07, 6.45) is -0.354. The molecule has 2 aliphatic rings. The smallest absolute Gasteiger partial charge is 0.298 e. The van der Waals surface area contributed by atoms with Crippen molar-refractivity contribution in [1.82, 2.24) is 9.80 Å². The maximum Gasteiger partial charge on any atom is 0.416 e. The number of nitrogens with zero attached hydrogens (tertiary/aromatic N) is 2. The zero-order valence-corrected chi connectivity index (χ0v) is 12.1. The predicted octanol–water partition coefficient (Wildman–Crippen LogP) is 3.38. The normalized spacial score (nSPS) is 22.2. The second-order valence-corrected chi connectivity index (χ2v) is 6.14. The van der Waals surface area contributed by atoms with Gasteiger partial charge in [-0.25, -0.2) is 0 Å². The highest BCUT2D eigenvalue weighted by molar-refractivity contribution is 5.25. The molecule has 2 nitrogen and oxygen atoms in total. The van der Waals surface area contributed by atoms with Crippen molar-refractivity contribution < 1.29 is 13.2 Å². The van der Waals surface area contributed by atoms with E-state index in [-0.39, 0.29) is 0 Å². The molecule has 1 aromatic rings. The van der Waals surface area contributed by atoms with Crippen molar-refractivity contribution in [1.29, 1.82) is 0 Å². The molecule has 0 bridgehead atoms. The molecule has 0 saturated carbocycles. The third kappa shape index (κ3) is 3.58. The first kappa shape index (κ1) is 14.9. The Kier molecular flexibility index (Phi) is 4.22. The molecule has 3 rings (SSSR count). The van der Waals surface area contributed by atoms with E-state index in [4.69, 9.17) is 0 Å². The number of alkyl halides is 3. The Hall–Kier alpha value is -1.07. The van der Waals surface area contributed by atoms with Gasteiger partial charge in [-0.3, -0.25) is 9.80 Å². The second-order valence-electron chi connectivity index (χ2n) is 6.14. The van der Waals surface area contributed by atoms with Crippen LogP contribution in [0.5, 0.6) is 0 Å². The van der Waals surface area contributed by atoms with E-state index in [9.17, 15) is 13.2 Å². The summed E-state index contributed by atoms with van der Waals surface area (Å²) in [7, 11) is 0. The lowest BCUT2D eigenvalue weighted by Crippen LogP contribution is -2.59. The van der Waals surface area contributed by atoms with Crippen molar-refractivity contribution in [2.75, 3.05) is 26.2 Å². The molecule has 0 aromatic heterocycles. The number of halogens is 3. The summed E-state index contributed by atoms with van der Waals surface area (Å²) in [5.41, 5.74) is 0.204. The standard InChI is InChI=1S/C16H21F3N2/c17-16(18,19)14-6-4-5-13(9-14)10-20-11-15(12-20)21-7-2-1-3-8-21/h4-6,9,15H,1-3,7-8,10-12H2. The van der Waals surface area contributed by atoms with Gasteiger partial charge in [0.05, 0.1) is 5.56 Å². The van der Waals surface area contributed by atoms with Crippen LogP contribution >= 0.6 is 0 Å². The van der Waals surface area contributed by atoms with Crippen LogP contribution in [-0.4, -0.2) is 42.0 Å². The number of benzene rings is 1. The highest BCUT2D eigenvalue weighted by Gasteiger charge is 2.33. The van der Waals surface area contributed by atoms with Gasteiger partial charge in [0.25, 0.3) is 0 Å². The molecule has 2 fully saturated rings. The van der Waals surface area contributed by atoms with Crippen LogP contribution in [0.25, 0.3) is 0 Å². The minimum Gasteiger partial charge on any atom is -0.298 e. The Morgan fingerprint density at radius 2 is 1.76 bits per heavy atom. The third-order valence-corrected chi connectivity index (χ3v) is 4.51. The Morgan fingerprint density at radius 3 is 2.43 bits per heavy atom. The van der Waals surface area contributed by atoms with Gasteiger partial charge in [0.2, 0.25) is 0 Å². The lowest BCUT2D eigenvalue weighted by atomic mass is 10.0. The number of likely N-dealkylation sites (tertiary alicyclic amines) is 2. The van der Waals surface area contributed by atoms with Crippen LogP contribution in [0.1, 0.15) is 30.4 Å². The van der Waals surface area contributed by atoms with Gasteiger partial charge < -0.3 is 0 Å². The first-order valence-corrected chi connectivity index (χ1v) is 7.65. The summed E-state index contributed by atoms with van der Waals surface area (Å²) >= 11 is 0. The molecule has 0 atom stereocenters. The quantitative estimate of drug-likeness (QED) is 0.844. The largest absolute Gasteiger partial charge is 0.416 e. The van der Waals surface area contributed by atoms with Crippen molar-refractivity contribution in [3.8, 4) is 0 Å². The van der Waals surface area contributed by atoms with Gasteiger partial charge in [-0.05, 0) is 37.6 Å². The SMILES string of the molecule is FC(F)(F)c1cccc(CN2CC(N3CCCCC3)C2)c1. The van der Waals surface area contributed by atoms with E-state index in [1.807, 2.05) is 0 Å². The predicted molar refractivity (Wildman–Crippen MR) is 75.9 cm³/mol. The summed E-state index contributed by atoms with van der Waals surface area (Å²) in [6, 6.07) is 6.30. The summed E-state index contributed by atoms with van der Waals surface area (Å²) in [5.74, 6) is 0. The number of piperidine rings is 1. The highest BCUT2D eigenvalue weighted by atomic mass is 19.4. The molecule has 1 aromatic carbocycles. The van der Waals surface area contributed by atoms with Crippen molar-refractivity contribution in [3.63, 3.8) is 0 Å². The fraction of sp³-hybridized carbons (Fsp3) is 0.625. The molecule has 0 radical (unpaired) electrons. The summed E-state index contributed by atoms with van der Waals surface area (Å²) in [4.78, 5) is 4.76. The van der Waals surface area contributed by atoms with Gasteiger partial charge in [-0.1, -0.05) is 24.6 Å². The molecule has 2 aliphatic heterocycles. The maximum absolute atomic E-state index is 12.7. The summed E-state index contributed by atoms with van der Waals surface area (Å²) < 4.78 is 38.1. The first-order chi connectivity index (χ1) is 10.0. The lowest BCUT2D eigenvalue weighted by Gasteiger charge is -2.46. The number of hydrogen-bond acceptors (Lipinski definition) is 2. The number of hydrogen-bond donors (Lipinski definition) is 0. The molecule has 0 aliphatic carbocycles. The topological polar surface area (TPSA) is 6.48 Å². The van der Waals surface area contributed by atoms with Gasteiger partial charge >= 0.3 is 6.18 Å². The fourth-order valence-electron chi connectivity index (χ4n) is 3.29.